The maximum Gasteiger partial charge on any atom is 0.306 e. The summed E-state index contributed by atoms with van der Waals surface area (Å²) in [4.78, 5) is 39.0. The number of pyridine rings is 1. The quantitative estimate of drug-likeness (QED) is 0.639. The third kappa shape index (κ3) is 5.05. The van der Waals surface area contributed by atoms with Crippen LogP contribution >= 0.6 is 0 Å². The molecule has 0 unspecified atom stereocenters. The van der Waals surface area contributed by atoms with Crippen LogP contribution < -0.4 is 11.0 Å². The van der Waals surface area contributed by atoms with Crippen molar-refractivity contribution in [3.8, 4) is 5.75 Å². The number of ether oxygens (including phenoxy) is 1. The van der Waals surface area contributed by atoms with Crippen LogP contribution in [0.2, 0.25) is 0 Å². The van der Waals surface area contributed by atoms with E-state index in [2.05, 4.69) is 4.90 Å². The number of aromatic hydroxyl groups is 1. The number of rotatable bonds is 7. The van der Waals surface area contributed by atoms with Crippen molar-refractivity contribution >= 4 is 5.97 Å². The number of esters is 1. The molecule has 8 nitrogen and oxygen atoms in total. The molecule has 2 aliphatic rings. The summed E-state index contributed by atoms with van der Waals surface area (Å²) in [5.41, 5.74) is 0.608. The molecule has 178 valence electrons. The second kappa shape index (κ2) is 9.55. The number of piperidine rings is 1. The highest BCUT2D eigenvalue weighted by atomic mass is 16.5. The van der Waals surface area contributed by atoms with E-state index in [0.29, 0.717) is 31.2 Å². The van der Waals surface area contributed by atoms with E-state index < -0.39 is 23.1 Å². The third-order valence-corrected chi connectivity index (χ3v) is 6.70. The minimum atomic E-state index is -0.501. The van der Waals surface area contributed by atoms with Crippen molar-refractivity contribution in [1.29, 1.82) is 0 Å². The van der Waals surface area contributed by atoms with E-state index in [9.17, 15) is 19.5 Å². The van der Waals surface area contributed by atoms with Gasteiger partial charge in [0.15, 0.2) is 5.76 Å². The van der Waals surface area contributed by atoms with Gasteiger partial charge in [0, 0.05) is 49.3 Å². The molecule has 0 amide bonds. The Bertz CT molecular complexity index is 1130. The summed E-state index contributed by atoms with van der Waals surface area (Å²) in [7, 11) is 1.32. The second-order valence-electron chi connectivity index (χ2n) is 9.79. The van der Waals surface area contributed by atoms with Crippen LogP contribution in [-0.4, -0.2) is 40.7 Å². The van der Waals surface area contributed by atoms with Crippen molar-refractivity contribution in [3.63, 3.8) is 0 Å². The van der Waals surface area contributed by atoms with Gasteiger partial charge in [0.25, 0.3) is 5.56 Å². The number of hydrogen-bond donors (Lipinski definition) is 1. The minimum absolute atomic E-state index is 0.0357. The van der Waals surface area contributed by atoms with Gasteiger partial charge in [0.05, 0.1) is 20.1 Å². The number of likely N-dealkylation sites (tertiary alicyclic amines) is 1. The maximum absolute atomic E-state index is 12.6. The van der Waals surface area contributed by atoms with E-state index in [1.165, 1.54) is 13.2 Å². The molecule has 1 N–H and O–H groups in total. The number of fused-ring (bicyclic) bond motifs is 4. The fraction of sp³-hybridized carbons (Fsp3) is 0.560. The van der Waals surface area contributed by atoms with Crippen LogP contribution in [0, 0.1) is 11.8 Å². The summed E-state index contributed by atoms with van der Waals surface area (Å²) < 4.78 is 12.8. The average molecular weight is 457 g/mol. The molecule has 4 rings (SSSR count). The van der Waals surface area contributed by atoms with E-state index >= 15 is 0 Å². The van der Waals surface area contributed by atoms with Crippen molar-refractivity contribution in [3.05, 3.63) is 62.1 Å². The van der Waals surface area contributed by atoms with Gasteiger partial charge >= 0.3 is 5.97 Å². The molecular weight excluding hydrogens is 424 g/mol. The Hall–Kier alpha value is -2.87. The van der Waals surface area contributed by atoms with Gasteiger partial charge in [-0.1, -0.05) is 19.9 Å². The lowest BCUT2D eigenvalue weighted by Gasteiger charge is -2.42. The Balaban J connectivity index is 1.58. The topological polar surface area (TPSA) is 102 Å². The molecule has 0 saturated carbocycles. The molecule has 2 aromatic heterocycles. The smallest absolute Gasteiger partial charge is 0.306 e. The van der Waals surface area contributed by atoms with E-state index in [1.807, 2.05) is 30.5 Å². The zero-order valence-electron chi connectivity index (χ0n) is 19.5. The molecule has 4 heterocycles. The SMILES string of the molecule is COC(=O)C[C@@H](CC(C)C)c1oc(CN2C[C@H]3C[C@@H](C2)c2cccc(=O)n2C3)cc(=O)c1O. The summed E-state index contributed by atoms with van der Waals surface area (Å²) in [5.74, 6) is 0.184. The Morgan fingerprint density at radius 2 is 2.03 bits per heavy atom. The van der Waals surface area contributed by atoms with Gasteiger partial charge < -0.3 is 18.8 Å². The van der Waals surface area contributed by atoms with Gasteiger partial charge in [-0.05, 0) is 30.7 Å². The molecule has 2 aromatic rings. The second-order valence-corrected chi connectivity index (χ2v) is 9.79. The molecule has 2 aliphatic heterocycles. The predicted molar refractivity (Wildman–Crippen MR) is 122 cm³/mol. The van der Waals surface area contributed by atoms with Crippen molar-refractivity contribution in [2.75, 3.05) is 20.2 Å². The molecule has 0 radical (unpaired) electrons. The average Bonchev–Trinajstić information content (AvgIpc) is 2.76. The van der Waals surface area contributed by atoms with Gasteiger partial charge in [0.1, 0.15) is 5.76 Å². The van der Waals surface area contributed by atoms with Crippen molar-refractivity contribution in [2.45, 2.75) is 58.0 Å². The molecule has 0 spiro atoms. The van der Waals surface area contributed by atoms with Crippen LogP contribution in [0.4, 0.5) is 0 Å². The fourth-order valence-electron chi connectivity index (χ4n) is 5.39. The normalized spacial score (nSPS) is 21.0. The number of aromatic nitrogens is 1. The maximum atomic E-state index is 12.6. The van der Waals surface area contributed by atoms with Crippen LogP contribution in [0.25, 0.3) is 0 Å². The highest BCUT2D eigenvalue weighted by molar-refractivity contribution is 5.70. The first-order valence-corrected chi connectivity index (χ1v) is 11.6. The molecule has 3 atom stereocenters. The van der Waals surface area contributed by atoms with Gasteiger partial charge in [-0.25, -0.2) is 0 Å². The highest BCUT2D eigenvalue weighted by Crippen LogP contribution is 2.36. The van der Waals surface area contributed by atoms with E-state index in [0.717, 1.165) is 25.2 Å². The summed E-state index contributed by atoms with van der Waals surface area (Å²) in [6.07, 6.45) is 1.66. The van der Waals surface area contributed by atoms with Gasteiger partial charge in [-0.2, -0.15) is 0 Å². The third-order valence-electron chi connectivity index (χ3n) is 6.70. The number of hydrogen-bond acceptors (Lipinski definition) is 7. The zero-order chi connectivity index (χ0) is 23.7. The lowest BCUT2D eigenvalue weighted by molar-refractivity contribution is -0.141. The summed E-state index contributed by atoms with van der Waals surface area (Å²) in [6.45, 7) is 6.71. The highest BCUT2D eigenvalue weighted by Gasteiger charge is 2.35. The lowest BCUT2D eigenvalue weighted by Crippen LogP contribution is -2.46. The molecule has 1 fully saturated rings. The van der Waals surface area contributed by atoms with E-state index in [4.69, 9.17) is 9.15 Å². The van der Waals surface area contributed by atoms with Gasteiger partial charge in [0.2, 0.25) is 11.2 Å². The molecule has 0 aromatic carbocycles. The summed E-state index contributed by atoms with van der Waals surface area (Å²) in [6, 6.07) is 6.78. The monoisotopic (exact) mass is 456 g/mol. The summed E-state index contributed by atoms with van der Waals surface area (Å²) >= 11 is 0. The largest absolute Gasteiger partial charge is 0.502 e. The van der Waals surface area contributed by atoms with Crippen LogP contribution in [0.1, 0.15) is 62.2 Å². The van der Waals surface area contributed by atoms with Gasteiger partial charge in [-0.15, -0.1) is 0 Å². The van der Waals surface area contributed by atoms with Crippen LogP contribution in [0.5, 0.6) is 5.75 Å². The fourth-order valence-corrected chi connectivity index (χ4v) is 5.39. The van der Waals surface area contributed by atoms with Crippen molar-refractivity contribution in [2.24, 2.45) is 11.8 Å². The van der Waals surface area contributed by atoms with Gasteiger partial charge in [-0.3, -0.25) is 19.3 Å². The lowest BCUT2D eigenvalue weighted by atomic mass is 9.83. The first-order valence-electron chi connectivity index (χ1n) is 11.6. The standard InChI is InChI=1S/C25H32N2O6/c1-15(2)7-17(9-23(30)32-3)25-24(31)21(28)10-19(33-25)14-26-11-16-8-18(13-26)20-5-4-6-22(29)27(20)12-16/h4-6,10,15-18,31H,7-9,11-14H2,1-3H3/t16-,17-,18+/m1/s1. The predicted octanol–water partition coefficient (Wildman–Crippen LogP) is 2.82. The van der Waals surface area contributed by atoms with Crippen LogP contribution in [0.3, 0.4) is 0 Å². The minimum Gasteiger partial charge on any atom is -0.502 e. The molecule has 33 heavy (non-hydrogen) atoms. The molecule has 8 heteroatoms. The van der Waals surface area contributed by atoms with E-state index in [-0.39, 0.29) is 29.6 Å². The zero-order valence-corrected chi connectivity index (χ0v) is 19.5. The Labute approximate surface area is 192 Å². The number of nitrogens with zero attached hydrogens (tertiary/aromatic N) is 2. The molecule has 2 bridgehead atoms. The van der Waals surface area contributed by atoms with Crippen LogP contribution in [0.15, 0.2) is 38.3 Å². The molecule has 0 aliphatic carbocycles. The van der Waals surface area contributed by atoms with Crippen molar-refractivity contribution in [1.82, 2.24) is 9.47 Å². The first kappa shape index (κ1) is 23.3. The van der Waals surface area contributed by atoms with E-state index in [1.54, 1.807) is 6.07 Å². The first-order chi connectivity index (χ1) is 15.7. The molecule has 1 saturated heterocycles. The summed E-state index contributed by atoms with van der Waals surface area (Å²) in [5, 5.41) is 10.5. The number of carbonyl (C=O) groups is 1. The van der Waals surface area contributed by atoms with Crippen molar-refractivity contribution < 1.29 is 19.1 Å². The van der Waals surface area contributed by atoms with Crippen LogP contribution in [-0.2, 0) is 22.6 Å². The Morgan fingerprint density at radius 3 is 2.76 bits per heavy atom. The number of carbonyl (C=O) groups excluding carboxylic acids is 1. The Kier molecular flexibility index (Phi) is 6.74. The number of methoxy groups -OCH3 is 1. The Morgan fingerprint density at radius 1 is 1.24 bits per heavy atom. The molecular formula is C25H32N2O6.